The molecule has 2 aliphatic rings. The quantitative estimate of drug-likeness (QED) is 0.610. The van der Waals surface area contributed by atoms with Crippen LogP contribution in [0.15, 0.2) is 30.3 Å². The molecule has 0 bridgehead atoms. The summed E-state index contributed by atoms with van der Waals surface area (Å²) in [7, 11) is 0. The van der Waals surface area contributed by atoms with Crippen molar-refractivity contribution in [1.82, 2.24) is 10.2 Å². The molecular weight excluding hydrogens is 420 g/mol. The number of amides is 2. The summed E-state index contributed by atoms with van der Waals surface area (Å²) in [4.78, 5) is 26.0. The van der Waals surface area contributed by atoms with E-state index in [1.807, 2.05) is 51.1 Å². The van der Waals surface area contributed by atoms with Crippen LogP contribution in [-0.2, 0) is 20.8 Å². The number of hydrogen-bond donors (Lipinski definition) is 1. The Kier molecular flexibility index (Phi) is 9.41. The van der Waals surface area contributed by atoms with Crippen LogP contribution in [0.3, 0.4) is 0 Å². The van der Waals surface area contributed by atoms with Crippen LogP contribution in [-0.4, -0.2) is 55.0 Å². The molecule has 1 aliphatic carbocycles. The molecule has 184 valence electrons. The first-order valence-electron chi connectivity index (χ1n) is 12.3. The molecule has 0 atom stereocenters. The van der Waals surface area contributed by atoms with E-state index in [4.69, 9.17) is 14.2 Å². The van der Waals surface area contributed by atoms with Gasteiger partial charge in [-0.25, -0.2) is 9.59 Å². The maximum atomic E-state index is 12.3. The van der Waals surface area contributed by atoms with E-state index in [1.165, 1.54) is 0 Å². The number of carbonyl (C=O) groups excluding carboxylic acids is 2. The van der Waals surface area contributed by atoms with Crippen LogP contribution in [0.2, 0.25) is 0 Å². The Morgan fingerprint density at radius 1 is 0.939 bits per heavy atom. The molecule has 2 fully saturated rings. The molecule has 1 aromatic rings. The summed E-state index contributed by atoms with van der Waals surface area (Å²) in [5.41, 5.74) is 0.539. The normalized spacial score (nSPS) is 22.0. The molecule has 7 nitrogen and oxygen atoms in total. The molecule has 1 aromatic carbocycles. The van der Waals surface area contributed by atoms with Gasteiger partial charge in [-0.15, -0.1) is 0 Å². The zero-order valence-corrected chi connectivity index (χ0v) is 20.4. The van der Waals surface area contributed by atoms with Gasteiger partial charge in [0.1, 0.15) is 12.2 Å². The first-order valence-corrected chi connectivity index (χ1v) is 12.3. The third-order valence-corrected chi connectivity index (χ3v) is 6.35. The molecule has 1 saturated heterocycles. The van der Waals surface area contributed by atoms with E-state index in [1.54, 1.807) is 4.90 Å². The molecule has 3 rings (SSSR count). The van der Waals surface area contributed by atoms with E-state index in [0.29, 0.717) is 18.4 Å². The highest BCUT2D eigenvalue weighted by Crippen LogP contribution is 2.26. The van der Waals surface area contributed by atoms with Gasteiger partial charge in [-0.05, 0) is 76.7 Å². The van der Waals surface area contributed by atoms with Gasteiger partial charge in [-0.1, -0.05) is 30.3 Å². The van der Waals surface area contributed by atoms with Gasteiger partial charge in [0.25, 0.3) is 0 Å². The van der Waals surface area contributed by atoms with Crippen molar-refractivity contribution in [2.75, 3.05) is 26.3 Å². The second-order valence-electron chi connectivity index (χ2n) is 10.4. The lowest BCUT2D eigenvalue weighted by Crippen LogP contribution is -2.41. The lowest BCUT2D eigenvalue weighted by atomic mass is 9.86. The largest absolute Gasteiger partial charge is 0.445 e. The average Bonchev–Trinajstić information content (AvgIpc) is 2.78. The number of carbonyl (C=O) groups is 2. The monoisotopic (exact) mass is 460 g/mol. The topological polar surface area (TPSA) is 77.1 Å². The van der Waals surface area contributed by atoms with Gasteiger partial charge in [-0.2, -0.15) is 0 Å². The van der Waals surface area contributed by atoms with E-state index in [2.05, 4.69) is 5.32 Å². The minimum absolute atomic E-state index is 0.196. The van der Waals surface area contributed by atoms with E-state index >= 15 is 0 Å². The van der Waals surface area contributed by atoms with Gasteiger partial charge in [0, 0.05) is 32.3 Å². The third-order valence-electron chi connectivity index (χ3n) is 6.35. The van der Waals surface area contributed by atoms with Crippen LogP contribution in [0.25, 0.3) is 0 Å². The van der Waals surface area contributed by atoms with Crippen LogP contribution in [0.4, 0.5) is 9.59 Å². The van der Waals surface area contributed by atoms with Gasteiger partial charge < -0.3 is 24.4 Å². The van der Waals surface area contributed by atoms with Gasteiger partial charge in [0.15, 0.2) is 0 Å². The van der Waals surface area contributed by atoms with Crippen molar-refractivity contribution in [3.05, 3.63) is 35.9 Å². The summed E-state index contributed by atoms with van der Waals surface area (Å²) >= 11 is 0. The standard InChI is InChI=1S/C26H40N2O5/c1-26(2,3)33-24(29)27-23-11-9-21(10-12-23)17-31-18-22-13-15-28(16-14-22)25(30)32-19-20-7-5-4-6-8-20/h4-8,21-23H,9-19H2,1-3H3,(H,27,29). The lowest BCUT2D eigenvalue weighted by molar-refractivity contribution is 0.0303. The number of likely N-dealkylation sites (tertiary alicyclic amines) is 1. The summed E-state index contributed by atoms with van der Waals surface area (Å²) in [6.07, 6.45) is 5.42. The molecule has 7 heteroatoms. The summed E-state index contributed by atoms with van der Waals surface area (Å²) in [5.74, 6) is 1.04. The van der Waals surface area contributed by atoms with Crippen LogP contribution in [0.5, 0.6) is 0 Å². The number of hydrogen-bond acceptors (Lipinski definition) is 5. The van der Waals surface area contributed by atoms with Gasteiger partial charge >= 0.3 is 12.2 Å². The number of piperidine rings is 1. The Morgan fingerprint density at radius 2 is 1.55 bits per heavy atom. The average molecular weight is 461 g/mol. The van der Waals surface area contributed by atoms with Crippen molar-refractivity contribution in [3.63, 3.8) is 0 Å². The Balaban J connectivity index is 1.24. The molecule has 1 heterocycles. The van der Waals surface area contributed by atoms with Crippen molar-refractivity contribution in [1.29, 1.82) is 0 Å². The van der Waals surface area contributed by atoms with Crippen molar-refractivity contribution >= 4 is 12.2 Å². The maximum Gasteiger partial charge on any atom is 0.410 e. The molecule has 1 aliphatic heterocycles. The highest BCUT2D eigenvalue weighted by Gasteiger charge is 2.26. The first kappa shape index (κ1) is 25.3. The van der Waals surface area contributed by atoms with Gasteiger partial charge in [-0.3, -0.25) is 0 Å². The predicted molar refractivity (Wildman–Crippen MR) is 127 cm³/mol. The fourth-order valence-corrected chi connectivity index (χ4v) is 4.44. The summed E-state index contributed by atoms with van der Waals surface area (Å²) in [5, 5.41) is 2.99. The minimum Gasteiger partial charge on any atom is -0.445 e. The zero-order chi connectivity index (χ0) is 23.7. The molecule has 0 spiro atoms. The Morgan fingerprint density at radius 3 is 2.15 bits per heavy atom. The summed E-state index contributed by atoms with van der Waals surface area (Å²) < 4.78 is 16.8. The molecule has 33 heavy (non-hydrogen) atoms. The molecule has 0 radical (unpaired) electrons. The highest BCUT2D eigenvalue weighted by molar-refractivity contribution is 5.68. The van der Waals surface area contributed by atoms with Crippen molar-refractivity contribution < 1.29 is 23.8 Å². The van der Waals surface area contributed by atoms with E-state index in [-0.39, 0.29) is 18.2 Å². The lowest BCUT2D eigenvalue weighted by Gasteiger charge is -2.32. The van der Waals surface area contributed by atoms with Crippen molar-refractivity contribution in [3.8, 4) is 0 Å². The van der Waals surface area contributed by atoms with E-state index < -0.39 is 5.60 Å². The fraction of sp³-hybridized carbons (Fsp3) is 0.692. The van der Waals surface area contributed by atoms with Crippen LogP contribution in [0.1, 0.15) is 64.9 Å². The Bertz CT molecular complexity index is 733. The zero-order valence-electron chi connectivity index (χ0n) is 20.4. The van der Waals surface area contributed by atoms with E-state index in [0.717, 1.165) is 70.4 Å². The van der Waals surface area contributed by atoms with Crippen LogP contribution >= 0.6 is 0 Å². The number of ether oxygens (including phenoxy) is 3. The molecule has 2 amide bonds. The molecular formula is C26H40N2O5. The number of rotatable bonds is 7. The summed E-state index contributed by atoms with van der Waals surface area (Å²) in [6.45, 7) is 8.93. The third kappa shape index (κ3) is 9.24. The van der Waals surface area contributed by atoms with Gasteiger partial charge in [0.2, 0.25) is 0 Å². The number of nitrogens with zero attached hydrogens (tertiary/aromatic N) is 1. The summed E-state index contributed by atoms with van der Waals surface area (Å²) in [6, 6.07) is 9.96. The molecule has 1 N–H and O–H groups in total. The molecule has 1 saturated carbocycles. The number of benzene rings is 1. The SMILES string of the molecule is CC(C)(C)OC(=O)NC1CCC(COCC2CCN(C(=O)OCc3ccccc3)CC2)CC1. The molecule has 0 unspecified atom stereocenters. The van der Waals surface area contributed by atoms with Crippen molar-refractivity contribution in [2.24, 2.45) is 11.8 Å². The Labute approximate surface area is 198 Å². The smallest absolute Gasteiger partial charge is 0.410 e. The van der Waals surface area contributed by atoms with Crippen molar-refractivity contribution in [2.45, 2.75) is 77.5 Å². The maximum absolute atomic E-state index is 12.3. The fourth-order valence-electron chi connectivity index (χ4n) is 4.44. The number of nitrogens with one attached hydrogen (secondary N) is 1. The Hall–Kier alpha value is -2.28. The predicted octanol–water partition coefficient (Wildman–Crippen LogP) is 5.14. The molecule has 0 aromatic heterocycles. The first-order chi connectivity index (χ1) is 15.8. The van der Waals surface area contributed by atoms with E-state index in [9.17, 15) is 9.59 Å². The van der Waals surface area contributed by atoms with Gasteiger partial charge in [0.05, 0.1) is 0 Å². The van der Waals surface area contributed by atoms with Crippen LogP contribution < -0.4 is 5.32 Å². The second kappa shape index (κ2) is 12.3. The van der Waals surface area contributed by atoms with Crippen LogP contribution in [0, 0.1) is 11.8 Å². The second-order valence-corrected chi connectivity index (χ2v) is 10.4. The highest BCUT2D eigenvalue weighted by atomic mass is 16.6. The number of alkyl carbamates (subject to hydrolysis) is 1. The minimum atomic E-state index is -0.465.